The number of aliphatic carboxylic acids is 1. The SMILES string of the molecule is O=C(O)C1CCCN1C(=O)c1csc(C(F)(F)F)n1. The van der Waals surface area contributed by atoms with Gasteiger partial charge >= 0.3 is 12.1 Å². The third kappa shape index (κ3) is 2.70. The average molecular weight is 294 g/mol. The molecule has 1 saturated heterocycles. The first-order valence-electron chi connectivity index (χ1n) is 5.37. The number of hydrogen-bond acceptors (Lipinski definition) is 4. The van der Waals surface area contributed by atoms with Crippen molar-refractivity contribution in [1.82, 2.24) is 9.88 Å². The van der Waals surface area contributed by atoms with Crippen molar-refractivity contribution in [2.75, 3.05) is 6.54 Å². The topological polar surface area (TPSA) is 70.5 Å². The molecule has 9 heteroatoms. The van der Waals surface area contributed by atoms with Crippen molar-refractivity contribution in [3.05, 3.63) is 16.1 Å². The van der Waals surface area contributed by atoms with Gasteiger partial charge in [-0.2, -0.15) is 13.2 Å². The first kappa shape index (κ1) is 13.8. The summed E-state index contributed by atoms with van der Waals surface area (Å²) in [7, 11) is 0. The molecule has 1 atom stereocenters. The number of rotatable bonds is 2. The molecule has 104 valence electrons. The standard InChI is InChI=1S/C10H9F3N2O3S/c11-10(12,13)9-14-5(4-19-9)7(16)15-3-1-2-6(15)8(17)18/h4,6H,1-3H2,(H,17,18). The summed E-state index contributed by atoms with van der Waals surface area (Å²) >= 11 is 0.322. The summed E-state index contributed by atoms with van der Waals surface area (Å²) in [6, 6.07) is -0.983. The normalized spacial score (nSPS) is 19.7. The van der Waals surface area contributed by atoms with Crippen LogP contribution < -0.4 is 0 Å². The molecule has 2 rings (SSSR count). The van der Waals surface area contributed by atoms with Crippen LogP contribution in [-0.4, -0.2) is 39.5 Å². The third-order valence-corrected chi connectivity index (χ3v) is 3.65. The molecule has 1 aromatic rings. The van der Waals surface area contributed by atoms with E-state index in [0.717, 1.165) is 10.3 Å². The van der Waals surface area contributed by atoms with Crippen molar-refractivity contribution in [1.29, 1.82) is 0 Å². The number of nitrogens with zero attached hydrogens (tertiary/aromatic N) is 2. The minimum atomic E-state index is -4.60. The molecule has 1 fully saturated rings. The van der Waals surface area contributed by atoms with Gasteiger partial charge in [-0.25, -0.2) is 9.78 Å². The van der Waals surface area contributed by atoms with Gasteiger partial charge in [-0.1, -0.05) is 0 Å². The first-order valence-corrected chi connectivity index (χ1v) is 6.25. The van der Waals surface area contributed by atoms with E-state index >= 15 is 0 Å². The quantitative estimate of drug-likeness (QED) is 0.903. The van der Waals surface area contributed by atoms with Crippen molar-refractivity contribution in [2.24, 2.45) is 0 Å². The summed E-state index contributed by atoms with van der Waals surface area (Å²) in [4.78, 5) is 27.1. The van der Waals surface area contributed by atoms with E-state index in [1.807, 2.05) is 0 Å². The predicted octanol–water partition coefficient (Wildman–Crippen LogP) is 1.85. The van der Waals surface area contributed by atoms with Crippen LogP contribution in [0.3, 0.4) is 0 Å². The maximum absolute atomic E-state index is 12.4. The summed E-state index contributed by atoms with van der Waals surface area (Å²) in [5, 5.41) is 8.82. The predicted molar refractivity (Wildman–Crippen MR) is 58.8 cm³/mol. The number of alkyl halides is 3. The number of aromatic nitrogens is 1. The smallest absolute Gasteiger partial charge is 0.443 e. The van der Waals surface area contributed by atoms with Crippen LogP contribution in [0.15, 0.2) is 5.38 Å². The highest BCUT2D eigenvalue weighted by Crippen LogP contribution is 2.32. The summed E-state index contributed by atoms with van der Waals surface area (Å²) < 4.78 is 37.1. The second kappa shape index (κ2) is 4.80. The Bertz CT molecular complexity index is 514. The van der Waals surface area contributed by atoms with Crippen LogP contribution >= 0.6 is 11.3 Å². The average Bonchev–Trinajstić information content (AvgIpc) is 2.96. The molecule has 2 heterocycles. The Hall–Kier alpha value is -1.64. The van der Waals surface area contributed by atoms with Crippen LogP contribution in [0.1, 0.15) is 28.3 Å². The number of carboxylic acids is 1. The Balaban J connectivity index is 2.20. The Morgan fingerprint density at radius 2 is 2.16 bits per heavy atom. The fourth-order valence-corrected chi connectivity index (χ4v) is 2.58. The van der Waals surface area contributed by atoms with Crippen LogP contribution in [0.4, 0.5) is 13.2 Å². The largest absolute Gasteiger partial charge is 0.480 e. The van der Waals surface area contributed by atoms with Gasteiger partial charge in [-0.15, -0.1) is 11.3 Å². The molecule has 1 aromatic heterocycles. The zero-order valence-electron chi connectivity index (χ0n) is 9.48. The first-order chi connectivity index (χ1) is 8.80. The van der Waals surface area contributed by atoms with E-state index in [9.17, 15) is 22.8 Å². The van der Waals surface area contributed by atoms with Crippen molar-refractivity contribution in [3.8, 4) is 0 Å². The minimum Gasteiger partial charge on any atom is -0.480 e. The second-order valence-corrected chi connectivity index (χ2v) is 4.89. The lowest BCUT2D eigenvalue weighted by Gasteiger charge is -2.20. The minimum absolute atomic E-state index is 0.217. The highest BCUT2D eigenvalue weighted by Gasteiger charge is 2.38. The van der Waals surface area contributed by atoms with Gasteiger partial charge in [0.05, 0.1) is 0 Å². The van der Waals surface area contributed by atoms with Gasteiger partial charge < -0.3 is 10.0 Å². The molecular formula is C10H9F3N2O3S. The molecule has 1 unspecified atom stereocenters. The molecule has 19 heavy (non-hydrogen) atoms. The lowest BCUT2D eigenvalue weighted by molar-refractivity contribution is -0.141. The Labute approximate surface area is 109 Å². The van der Waals surface area contributed by atoms with E-state index in [1.54, 1.807) is 0 Å². The molecule has 0 saturated carbocycles. The van der Waals surface area contributed by atoms with Crippen molar-refractivity contribution < 1.29 is 27.9 Å². The van der Waals surface area contributed by atoms with Gasteiger partial charge in [0.25, 0.3) is 5.91 Å². The monoisotopic (exact) mass is 294 g/mol. The fraction of sp³-hybridized carbons (Fsp3) is 0.500. The third-order valence-electron chi connectivity index (χ3n) is 2.76. The van der Waals surface area contributed by atoms with Gasteiger partial charge in [0.2, 0.25) is 0 Å². The Morgan fingerprint density at radius 1 is 1.47 bits per heavy atom. The molecule has 0 spiro atoms. The Morgan fingerprint density at radius 3 is 2.68 bits per heavy atom. The summed E-state index contributed by atoms with van der Waals surface area (Å²) in [6.07, 6.45) is -3.78. The van der Waals surface area contributed by atoms with E-state index in [4.69, 9.17) is 5.11 Å². The van der Waals surface area contributed by atoms with Gasteiger partial charge in [-0.3, -0.25) is 4.79 Å². The highest BCUT2D eigenvalue weighted by molar-refractivity contribution is 7.09. The number of amides is 1. The summed E-state index contributed by atoms with van der Waals surface area (Å²) in [5.74, 6) is -1.92. The van der Waals surface area contributed by atoms with Crippen molar-refractivity contribution >= 4 is 23.2 Å². The zero-order valence-corrected chi connectivity index (χ0v) is 10.3. The lowest BCUT2D eigenvalue weighted by Crippen LogP contribution is -2.40. The highest BCUT2D eigenvalue weighted by atomic mass is 32.1. The molecule has 5 nitrogen and oxygen atoms in total. The van der Waals surface area contributed by atoms with E-state index < -0.39 is 29.1 Å². The fourth-order valence-electron chi connectivity index (χ4n) is 1.92. The van der Waals surface area contributed by atoms with Crippen LogP contribution in [0.5, 0.6) is 0 Å². The maximum atomic E-state index is 12.4. The molecule has 1 amide bonds. The van der Waals surface area contributed by atoms with Crippen molar-refractivity contribution in [2.45, 2.75) is 25.1 Å². The van der Waals surface area contributed by atoms with E-state index in [2.05, 4.69) is 4.98 Å². The summed E-state index contributed by atoms with van der Waals surface area (Å²) in [5.41, 5.74) is -0.356. The number of hydrogen-bond donors (Lipinski definition) is 1. The molecule has 0 bridgehead atoms. The van der Waals surface area contributed by atoms with E-state index in [1.165, 1.54) is 0 Å². The molecular weight excluding hydrogens is 285 g/mol. The Kier molecular flexibility index (Phi) is 3.48. The van der Waals surface area contributed by atoms with Gasteiger partial charge in [0.1, 0.15) is 11.7 Å². The lowest BCUT2D eigenvalue weighted by atomic mass is 10.2. The second-order valence-electron chi connectivity index (χ2n) is 4.03. The van der Waals surface area contributed by atoms with Gasteiger partial charge in [0, 0.05) is 11.9 Å². The van der Waals surface area contributed by atoms with E-state index in [0.29, 0.717) is 24.2 Å². The number of carbonyl (C=O) groups excluding carboxylic acids is 1. The maximum Gasteiger partial charge on any atom is 0.443 e. The summed E-state index contributed by atoms with van der Waals surface area (Å²) in [6.45, 7) is 0.217. The number of halogens is 3. The number of likely N-dealkylation sites (tertiary alicyclic amines) is 1. The zero-order chi connectivity index (χ0) is 14.2. The van der Waals surface area contributed by atoms with Crippen LogP contribution in [0.2, 0.25) is 0 Å². The molecule has 0 aliphatic carbocycles. The van der Waals surface area contributed by atoms with Crippen LogP contribution in [0, 0.1) is 0 Å². The van der Waals surface area contributed by atoms with Gasteiger partial charge in [0.15, 0.2) is 5.01 Å². The van der Waals surface area contributed by atoms with E-state index in [-0.39, 0.29) is 12.2 Å². The number of carbonyl (C=O) groups is 2. The molecule has 1 aliphatic heterocycles. The number of thiazole rings is 1. The molecule has 1 N–H and O–H groups in total. The van der Waals surface area contributed by atoms with Gasteiger partial charge in [-0.05, 0) is 12.8 Å². The molecule has 0 aromatic carbocycles. The van der Waals surface area contributed by atoms with Crippen LogP contribution in [0.25, 0.3) is 0 Å². The van der Waals surface area contributed by atoms with Crippen molar-refractivity contribution in [3.63, 3.8) is 0 Å². The van der Waals surface area contributed by atoms with Crippen LogP contribution in [-0.2, 0) is 11.0 Å². The number of carboxylic acid groups (broad SMARTS) is 1. The molecule has 1 aliphatic rings. The molecule has 0 radical (unpaired) electrons.